The van der Waals surface area contributed by atoms with Crippen molar-refractivity contribution in [2.75, 3.05) is 18.9 Å². The second-order valence-corrected chi connectivity index (χ2v) is 7.99. The molecule has 26 heavy (non-hydrogen) atoms. The number of rotatable bonds is 6. The highest BCUT2D eigenvalue weighted by molar-refractivity contribution is 8.00. The Morgan fingerprint density at radius 3 is 3.00 bits per heavy atom. The van der Waals surface area contributed by atoms with Crippen LogP contribution in [-0.2, 0) is 9.53 Å². The van der Waals surface area contributed by atoms with Crippen LogP contribution in [0.15, 0.2) is 46.8 Å². The van der Waals surface area contributed by atoms with E-state index in [1.54, 1.807) is 11.3 Å². The molecule has 0 spiro atoms. The molecule has 1 saturated heterocycles. The van der Waals surface area contributed by atoms with Crippen molar-refractivity contribution in [2.45, 2.75) is 24.0 Å². The van der Waals surface area contributed by atoms with Crippen LogP contribution in [0.25, 0.3) is 21.6 Å². The average Bonchev–Trinajstić information content (AvgIpc) is 3.38. The van der Waals surface area contributed by atoms with E-state index in [0.717, 1.165) is 40.3 Å². The van der Waals surface area contributed by atoms with Crippen LogP contribution in [0.4, 0.5) is 0 Å². The van der Waals surface area contributed by atoms with Gasteiger partial charge in [0.25, 0.3) is 0 Å². The summed E-state index contributed by atoms with van der Waals surface area (Å²) >= 11 is 3.07. The lowest BCUT2D eigenvalue weighted by atomic mass is 10.2. The van der Waals surface area contributed by atoms with Gasteiger partial charge in [0.2, 0.25) is 5.91 Å². The number of hydrogen-bond donors (Lipinski definition) is 1. The molecule has 1 aromatic carbocycles. The van der Waals surface area contributed by atoms with Crippen LogP contribution in [0.3, 0.4) is 0 Å². The first kappa shape index (κ1) is 17.5. The van der Waals surface area contributed by atoms with E-state index in [9.17, 15) is 4.79 Å². The Hall–Kier alpha value is -1.96. The van der Waals surface area contributed by atoms with Crippen molar-refractivity contribution in [2.24, 2.45) is 0 Å². The van der Waals surface area contributed by atoms with Crippen LogP contribution in [0.5, 0.6) is 0 Å². The zero-order valence-electron chi connectivity index (χ0n) is 14.2. The van der Waals surface area contributed by atoms with Gasteiger partial charge >= 0.3 is 0 Å². The summed E-state index contributed by atoms with van der Waals surface area (Å²) in [5, 5.41) is 6.79. The summed E-state index contributed by atoms with van der Waals surface area (Å²) in [5.41, 5.74) is 0.896. The van der Waals surface area contributed by atoms with Gasteiger partial charge in [0.05, 0.1) is 22.3 Å². The topological polar surface area (TPSA) is 64.1 Å². The molecule has 0 aliphatic carbocycles. The van der Waals surface area contributed by atoms with E-state index in [4.69, 9.17) is 9.72 Å². The van der Waals surface area contributed by atoms with Gasteiger partial charge in [-0.3, -0.25) is 4.79 Å². The lowest BCUT2D eigenvalue weighted by Gasteiger charge is -2.11. The normalized spacial score (nSPS) is 16.8. The van der Waals surface area contributed by atoms with Crippen molar-refractivity contribution in [3.8, 4) is 10.7 Å². The van der Waals surface area contributed by atoms with Gasteiger partial charge in [-0.05, 0) is 30.4 Å². The van der Waals surface area contributed by atoms with E-state index in [1.165, 1.54) is 11.8 Å². The number of hydrogen-bond acceptors (Lipinski definition) is 6. The highest BCUT2D eigenvalue weighted by Crippen LogP contribution is 2.29. The fraction of sp³-hybridized carbons (Fsp3) is 0.316. The summed E-state index contributed by atoms with van der Waals surface area (Å²) in [6.07, 6.45) is 2.26. The predicted molar refractivity (Wildman–Crippen MR) is 106 cm³/mol. The minimum absolute atomic E-state index is 0.00543. The number of thiophene rings is 1. The van der Waals surface area contributed by atoms with Crippen LogP contribution in [0, 0.1) is 0 Å². The van der Waals surface area contributed by atoms with Crippen molar-refractivity contribution in [3.63, 3.8) is 0 Å². The number of benzene rings is 1. The van der Waals surface area contributed by atoms with Crippen molar-refractivity contribution in [1.29, 1.82) is 0 Å². The second-order valence-electron chi connectivity index (χ2n) is 6.07. The number of nitrogens with one attached hydrogen (secondary N) is 1. The van der Waals surface area contributed by atoms with Gasteiger partial charge in [0, 0.05) is 18.5 Å². The molecule has 1 fully saturated rings. The lowest BCUT2D eigenvalue weighted by Crippen LogP contribution is -2.32. The lowest BCUT2D eigenvalue weighted by molar-refractivity contribution is -0.119. The van der Waals surface area contributed by atoms with Crippen LogP contribution >= 0.6 is 23.1 Å². The van der Waals surface area contributed by atoms with Crippen LogP contribution in [0.1, 0.15) is 12.8 Å². The molecule has 0 bridgehead atoms. The third kappa shape index (κ3) is 4.06. The number of ether oxygens (including phenoxy) is 1. The summed E-state index contributed by atoms with van der Waals surface area (Å²) in [4.78, 5) is 22.6. The minimum atomic E-state index is 0.00543. The number of nitrogens with zero attached hydrogens (tertiary/aromatic N) is 2. The average molecular weight is 386 g/mol. The Balaban J connectivity index is 1.48. The minimum Gasteiger partial charge on any atom is -0.376 e. The summed E-state index contributed by atoms with van der Waals surface area (Å²) in [6.45, 7) is 1.39. The first-order valence-corrected chi connectivity index (χ1v) is 10.5. The molecule has 1 N–H and O–H groups in total. The quantitative estimate of drug-likeness (QED) is 0.517. The Bertz CT molecular complexity index is 893. The maximum absolute atomic E-state index is 12.2. The largest absolute Gasteiger partial charge is 0.376 e. The SMILES string of the molecule is O=C(CSc1nc(-c2cccs2)nc2ccccc12)NCC1CCCO1. The van der Waals surface area contributed by atoms with Gasteiger partial charge in [0.15, 0.2) is 5.82 Å². The molecule has 1 amide bonds. The van der Waals surface area contributed by atoms with E-state index in [1.807, 2.05) is 41.8 Å². The number of para-hydroxylation sites is 1. The first-order chi connectivity index (χ1) is 12.8. The van der Waals surface area contributed by atoms with Crippen molar-refractivity contribution in [3.05, 3.63) is 41.8 Å². The van der Waals surface area contributed by atoms with E-state index in [2.05, 4.69) is 10.3 Å². The molecule has 0 saturated carbocycles. The standard InChI is InChI=1S/C19H19N3O2S2/c23-17(20-11-13-5-3-9-24-13)12-26-19-14-6-1-2-7-15(14)21-18(22-19)16-8-4-10-25-16/h1-2,4,6-8,10,13H,3,5,9,11-12H2,(H,20,23). The molecule has 1 aliphatic rings. The Labute approximate surface area is 160 Å². The second kappa shape index (κ2) is 8.16. The molecule has 3 aromatic rings. The fourth-order valence-corrected chi connectivity index (χ4v) is 4.40. The molecule has 7 heteroatoms. The van der Waals surface area contributed by atoms with Gasteiger partial charge in [-0.25, -0.2) is 9.97 Å². The maximum atomic E-state index is 12.2. The molecular weight excluding hydrogens is 366 g/mol. The Morgan fingerprint density at radius 2 is 2.19 bits per heavy atom. The maximum Gasteiger partial charge on any atom is 0.230 e. The molecule has 0 radical (unpaired) electrons. The molecular formula is C19H19N3O2S2. The zero-order chi connectivity index (χ0) is 17.8. The number of carbonyl (C=O) groups is 1. The van der Waals surface area contributed by atoms with E-state index < -0.39 is 0 Å². The summed E-state index contributed by atoms with van der Waals surface area (Å²) in [7, 11) is 0. The molecule has 1 aliphatic heterocycles. The number of aromatic nitrogens is 2. The first-order valence-electron chi connectivity index (χ1n) is 8.61. The van der Waals surface area contributed by atoms with Gasteiger partial charge in [-0.2, -0.15) is 0 Å². The van der Waals surface area contributed by atoms with Crippen LogP contribution in [-0.4, -0.2) is 40.9 Å². The van der Waals surface area contributed by atoms with Gasteiger partial charge < -0.3 is 10.1 Å². The summed E-state index contributed by atoms with van der Waals surface area (Å²) < 4.78 is 5.54. The van der Waals surface area contributed by atoms with E-state index in [-0.39, 0.29) is 12.0 Å². The number of amides is 1. The molecule has 4 rings (SSSR count). The molecule has 2 aromatic heterocycles. The van der Waals surface area contributed by atoms with Crippen molar-refractivity contribution >= 4 is 39.9 Å². The Kier molecular flexibility index (Phi) is 5.48. The van der Waals surface area contributed by atoms with Gasteiger partial charge in [-0.1, -0.05) is 36.0 Å². The predicted octanol–water partition coefficient (Wildman–Crippen LogP) is 3.75. The number of fused-ring (bicyclic) bond motifs is 1. The highest BCUT2D eigenvalue weighted by Gasteiger charge is 2.17. The number of thioether (sulfide) groups is 1. The van der Waals surface area contributed by atoms with E-state index in [0.29, 0.717) is 18.1 Å². The monoisotopic (exact) mass is 385 g/mol. The molecule has 5 nitrogen and oxygen atoms in total. The summed E-state index contributed by atoms with van der Waals surface area (Å²) in [5.74, 6) is 1.05. The highest BCUT2D eigenvalue weighted by atomic mass is 32.2. The molecule has 1 unspecified atom stereocenters. The third-order valence-electron chi connectivity index (χ3n) is 4.20. The van der Waals surface area contributed by atoms with Gasteiger partial charge in [0.1, 0.15) is 5.03 Å². The molecule has 134 valence electrons. The van der Waals surface area contributed by atoms with Gasteiger partial charge in [-0.15, -0.1) is 11.3 Å². The molecule has 3 heterocycles. The van der Waals surface area contributed by atoms with Crippen molar-refractivity contribution < 1.29 is 9.53 Å². The third-order valence-corrected chi connectivity index (χ3v) is 6.06. The van der Waals surface area contributed by atoms with E-state index >= 15 is 0 Å². The van der Waals surface area contributed by atoms with Crippen LogP contribution < -0.4 is 5.32 Å². The zero-order valence-corrected chi connectivity index (χ0v) is 15.8. The fourth-order valence-electron chi connectivity index (χ4n) is 2.89. The Morgan fingerprint density at radius 1 is 1.27 bits per heavy atom. The smallest absolute Gasteiger partial charge is 0.230 e. The van der Waals surface area contributed by atoms with Crippen LogP contribution in [0.2, 0.25) is 0 Å². The van der Waals surface area contributed by atoms with Crippen molar-refractivity contribution in [1.82, 2.24) is 15.3 Å². The molecule has 1 atom stereocenters. The number of carbonyl (C=O) groups excluding carboxylic acids is 1. The summed E-state index contributed by atoms with van der Waals surface area (Å²) in [6, 6.07) is 11.9.